The number of para-hydroxylation sites is 1. The molecule has 0 bridgehead atoms. The molecule has 0 unspecified atom stereocenters. The molecule has 0 atom stereocenters. The summed E-state index contributed by atoms with van der Waals surface area (Å²) < 4.78 is 0. The van der Waals surface area contributed by atoms with Crippen molar-refractivity contribution in [3.05, 3.63) is 143 Å². The van der Waals surface area contributed by atoms with Crippen molar-refractivity contribution in [2.24, 2.45) is 0 Å². The van der Waals surface area contributed by atoms with Crippen LogP contribution in [0.25, 0.3) is 32.9 Å². The van der Waals surface area contributed by atoms with Gasteiger partial charge in [0.2, 0.25) is 0 Å². The zero-order valence-corrected chi connectivity index (χ0v) is 19.9. The maximum atomic E-state index is 3.72. The van der Waals surface area contributed by atoms with Crippen LogP contribution in [0.5, 0.6) is 0 Å². The predicted octanol–water partition coefficient (Wildman–Crippen LogP) is 8.32. The summed E-state index contributed by atoms with van der Waals surface area (Å²) in [7, 11) is 0. The van der Waals surface area contributed by atoms with E-state index in [4.69, 9.17) is 0 Å². The molecular formula is C34H25N. The molecular weight excluding hydrogens is 422 g/mol. The summed E-state index contributed by atoms with van der Waals surface area (Å²) >= 11 is 0. The first-order valence-corrected chi connectivity index (χ1v) is 12.5. The normalized spacial score (nSPS) is 16.2. The van der Waals surface area contributed by atoms with Crippen LogP contribution in [0.2, 0.25) is 0 Å². The lowest BCUT2D eigenvalue weighted by atomic mass is 9.55. The van der Waals surface area contributed by atoms with Gasteiger partial charge < -0.3 is 4.98 Å². The fraction of sp³-hybridized carbons (Fsp3) is 0.118. The van der Waals surface area contributed by atoms with Crippen molar-refractivity contribution in [2.45, 2.75) is 24.7 Å². The minimum absolute atomic E-state index is 0.0681. The topological polar surface area (TPSA) is 15.8 Å². The summed E-state index contributed by atoms with van der Waals surface area (Å²) in [5.41, 5.74) is 13.1. The molecule has 1 aromatic heterocycles. The zero-order chi connectivity index (χ0) is 23.4. The molecule has 5 aromatic carbocycles. The highest BCUT2D eigenvalue weighted by Gasteiger charge is 2.53. The van der Waals surface area contributed by atoms with E-state index in [0.29, 0.717) is 0 Å². The Bertz CT molecular complexity index is 1780. The third-order valence-electron chi connectivity index (χ3n) is 8.68. The summed E-state index contributed by atoms with van der Waals surface area (Å²) in [5.74, 6) is 0. The van der Waals surface area contributed by atoms with Gasteiger partial charge >= 0.3 is 0 Å². The van der Waals surface area contributed by atoms with Gasteiger partial charge in [0, 0.05) is 27.2 Å². The van der Waals surface area contributed by atoms with Crippen LogP contribution in [0.1, 0.15) is 47.2 Å². The number of aromatic amines is 1. The molecule has 1 heterocycles. The van der Waals surface area contributed by atoms with Crippen LogP contribution in [-0.4, -0.2) is 4.98 Å². The average molecular weight is 448 g/mol. The zero-order valence-electron chi connectivity index (χ0n) is 19.9. The molecule has 0 saturated heterocycles. The van der Waals surface area contributed by atoms with Crippen LogP contribution in [0, 0.1) is 0 Å². The molecule has 0 saturated carbocycles. The molecule has 1 nitrogen and oxygen atoms in total. The van der Waals surface area contributed by atoms with Crippen LogP contribution < -0.4 is 0 Å². The third-order valence-corrected chi connectivity index (χ3v) is 8.68. The minimum Gasteiger partial charge on any atom is -0.355 e. The van der Waals surface area contributed by atoms with Gasteiger partial charge in [0.25, 0.3) is 0 Å². The molecule has 6 aromatic rings. The molecule has 1 spiro atoms. The van der Waals surface area contributed by atoms with Crippen molar-refractivity contribution in [3.8, 4) is 11.1 Å². The number of hydrogen-bond acceptors (Lipinski definition) is 0. The van der Waals surface area contributed by atoms with Crippen molar-refractivity contribution in [2.75, 3.05) is 0 Å². The Balaban J connectivity index is 1.61. The number of hydrogen-bond donors (Lipinski definition) is 1. The van der Waals surface area contributed by atoms with Gasteiger partial charge in [-0.1, -0.05) is 105 Å². The lowest BCUT2D eigenvalue weighted by molar-refractivity contribution is 0.563. The number of H-pyrrole nitrogens is 1. The van der Waals surface area contributed by atoms with Crippen LogP contribution in [-0.2, 0) is 10.8 Å². The highest BCUT2D eigenvalue weighted by molar-refractivity contribution is 6.10. The smallest absolute Gasteiger partial charge is 0.0720 e. The quantitative estimate of drug-likeness (QED) is 0.240. The van der Waals surface area contributed by atoms with E-state index in [1.54, 1.807) is 0 Å². The fourth-order valence-corrected chi connectivity index (χ4v) is 7.20. The molecule has 1 heteroatoms. The molecule has 166 valence electrons. The first-order chi connectivity index (χ1) is 17.1. The Morgan fingerprint density at radius 2 is 1.03 bits per heavy atom. The van der Waals surface area contributed by atoms with E-state index in [9.17, 15) is 0 Å². The van der Waals surface area contributed by atoms with Gasteiger partial charge in [0.05, 0.1) is 5.41 Å². The Labute approximate surface area is 205 Å². The second kappa shape index (κ2) is 6.31. The van der Waals surface area contributed by atoms with Crippen LogP contribution in [0.3, 0.4) is 0 Å². The molecule has 2 aliphatic rings. The summed E-state index contributed by atoms with van der Waals surface area (Å²) in [6, 6.07) is 40.8. The maximum absolute atomic E-state index is 3.72. The monoisotopic (exact) mass is 447 g/mol. The Hall–Kier alpha value is -4.10. The average Bonchev–Trinajstić information content (AvgIpc) is 3.40. The summed E-state index contributed by atoms with van der Waals surface area (Å²) in [4.78, 5) is 3.72. The van der Waals surface area contributed by atoms with Gasteiger partial charge in [-0.05, 0) is 62.7 Å². The van der Waals surface area contributed by atoms with E-state index in [1.165, 1.54) is 66.3 Å². The molecule has 0 amide bonds. The van der Waals surface area contributed by atoms with Crippen molar-refractivity contribution < 1.29 is 0 Å². The van der Waals surface area contributed by atoms with Crippen LogP contribution in [0.15, 0.2) is 109 Å². The van der Waals surface area contributed by atoms with Gasteiger partial charge in [0.15, 0.2) is 0 Å². The first-order valence-electron chi connectivity index (χ1n) is 12.5. The SMILES string of the molecule is CC1(C)c2ccccc2C2(c3ccccc3-c3cc4c(cc32)[nH]c2ccccc24)c2ccccc21. The summed E-state index contributed by atoms with van der Waals surface area (Å²) in [5, 5.41) is 2.58. The van der Waals surface area contributed by atoms with Crippen LogP contribution >= 0.6 is 0 Å². The van der Waals surface area contributed by atoms with Gasteiger partial charge in [0.1, 0.15) is 0 Å². The largest absolute Gasteiger partial charge is 0.355 e. The third kappa shape index (κ3) is 2.16. The molecule has 1 N–H and O–H groups in total. The van der Waals surface area contributed by atoms with Gasteiger partial charge in [-0.15, -0.1) is 0 Å². The van der Waals surface area contributed by atoms with Crippen molar-refractivity contribution in [1.29, 1.82) is 0 Å². The highest BCUT2D eigenvalue weighted by Crippen LogP contribution is 2.62. The number of benzene rings is 5. The molecule has 0 aliphatic heterocycles. The fourth-order valence-electron chi connectivity index (χ4n) is 7.20. The second-order valence-electron chi connectivity index (χ2n) is 10.6. The highest BCUT2D eigenvalue weighted by atomic mass is 14.7. The number of aromatic nitrogens is 1. The Morgan fingerprint density at radius 3 is 1.74 bits per heavy atom. The summed E-state index contributed by atoms with van der Waals surface area (Å²) in [6.07, 6.45) is 0. The van der Waals surface area contributed by atoms with Crippen molar-refractivity contribution in [3.63, 3.8) is 0 Å². The molecule has 8 rings (SSSR count). The van der Waals surface area contributed by atoms with E-state index in [2.05, 4.69) is 128 Å². The van der Waals surface area contributed by atoms with E-state index in [-0.39, 0.29) is 10.8 Å². The van der Waals surface area contributed by atoms with Crippen molar-refractivity contribution in [1.82, 2.24) is 4.98 Å². The molecule has 2 aliphatic carbocycles. The molecule has 0 fully saturated rings. The number of rotatable bonds is 0. The lowest BCUT2D eigenvalue weighted by Gasteiger charge is -2.46. The Morgan fingerprint density at radius 1 is 0.457 bits per heavy atom. The summed E-state index contributed by atoms with van der Waals surface area (Å²) in [6.45, 7) is 4.75. The van der Waals surface area contributed by atoms with E-state index in [1.807, 2.05) is 0 Å². The second-order valence-corrected chi connectivity index (χ2v) is 10.6. The van der Waals surface area contributed by atoms with E-state index in [0.717, 1.165) is 0 Å². The van der Waals surface area contributed by atoms with E-state index < -0.39 is 0 Å². The van der Waals surface area contributed by atoms with Crippen molar-refractivity contribution >= 4 is 21.8 Å². The first kappa shape index (κ1) is 19.2. The molecule has 35 heavy (non-hydrogen) atoms. The van der Waals surface area contributed by atoms with Gasteiger partial charge in [-0.25, -0.2) is 0 Å². The van der Waals surface area contributed by atoms with Gasteiger partial charge in [-0.3, -0.25) is 0 Å². The minimum atomic E-state index is -0.333. The predicted molar refractivity (Wildman–Crippen MR) is 145 cm³/mol. The molecule has 0 radical (unpaired) electrons. The lowest BCUT2D eigenvalue weighted by Crippen LogP contribution is -2.40. The standard InChI is InChI=1S/C34H25N/c1-33(2)26-14-6-8-16-28(26)34(29-17-9-7-15-27(29)33)25-13-5-3-11-21(25)23-19-24-22-12-4-10-18-31(22)35-32(24)20-30(23)34/h3-20,35H,1-2H3. The van der Waals surface area contributed by atoms with Gasteiger partial charge in [-0.2, -0.15) is 0 Å². The number of nitrogens with one attached hydrogen (secondary N) is 1. The van der Waals surface area contributed by atoms with E-state index >= 15 is 0 Å². The van der Waals surface area contributed by atoms with Crippen LogP contribution in [0.4, 0.5) is 0 Å². The Kier molecular flexibility index (Phi) is 3.47. The maximum Gasteiger partial charge on any atom is 0.0720 e. The number of fused-ring (bicyclic) bond motifs is 12.